The lowest BCUT2D eigenvalue weighted by atomic mass is 9.96. The van der Waals surface area contributed by atoms with E-state index in [9.17, 15) is 19.7 Å². The highest BCUT2D eigenvalue weighted by Crippen LogP contribution is 2.18. The summed E-state index contributed by atoms with van der Waals surface area (Å²) in [4.78, 5) is 37.8. The molecule has 0 unspecified atom stereocenters. The molecule has 26 heavy (non-hydrogen) atoms. The van der Waals surface area contributed by atoms with Crippen LogP contribution in [0.1, 0.15) is 42.8 Å². The van der Waals surface area contributed by atoms with Gasteiger partial charge in [0, 0.05) is 23.1 Å². The molecule has 1 aromatic heterocycles. The SMILES string of the molecule is CC(C)(C)c1noc(COC(=O)CNC(=O)c2cccc([N+](=O)[O-])c2)n1. The van der Waals surface area contributed by atoms with E-state index in [4.69, 9.17) is 9.26 Å². The minimum Gasteiger partial charge on any atom is -0.454 e. The number of aromatic nitrogens is 2. The van der Waals surface area contributed by atoms with Crippen molar-refractivity contribution in [3.8, 4) is 0 Å². The number of nitro benzene ring substituents is 1. The van der Waals surface area contributed by atoms with Crippen molar-refractivity contribution in [2.75, 3.05) is 6.54 Å². The van der Waals surface area contributed by atoms with E-state index < -0.39 is 23.3 Å². The molecule has 2 aromatic rings. The maximum atomic E-state index is 11.9. The second-order valence-electron chi connectivity index (χ2n) is 6.41. The Morgan fingerprint density at radius 1 is 1.35 bits per heavy atom. The van der Waals surface area contributed by atoms with Gasteiger partial charge in [0.25, 0.3) is 17.5 Å². The number of benzene rings is 1. The number of carbonyl (C=O) groups excluding carboxylic acids is 2. The van der Waals surface area contributed by atoms with Crippen LogP contribution in [0.25, 0.3) is 0 Å². The molecule has 1 aromatic carbocycles. The second kappa shape index (κ2) is 7.72. The van der Waals surface area contributed by atoms with Gasteiger partial charge in [0.2, 0.25) is 0 Å². The summed E-state index contributed by atoms with van der Waals surface area (Å²) >= 11 is 0. The average Bonchev–Trinajstić information content (AvgIpc) is 3.07. The summed E-state index contributed by atoms with van der Waals surface area (Å²) in [6.45, 7) is 5.13. The van der Waals surface area contributed by atoms with Gasteiger partial charge in [-0.25, -0.2) is 0 Å². The summed E-state index contributed by atoms with van der Waals surface area (Å²) in [5, 5.41) is 16.8. The molecule has 0 radical (unpaired) electrons. The number of hydrogen-bond donors (Lipinski definition) is 1. The number of nitrogens with zero attached hydrogens (tertiary/aromatic N) is 3. The second-order valence-corrected chi connectivity index (χ2v) is 6.41. The highest BCUT2D eigenvalue weighted by atomic mass is 16.6. The highest BCUT2D eigenvalue weighted by Gasteiger charge is 2.21. The maximum absolute atomic E-state index is 11.9. The molecule has 0 saturated heterocycles. The first-order valence-electron chi connectivity index (χ1n) is 7.68. The number of esters is 1. The molecular weight excluding hydrogens is 344 g/mol. The Kier molecular flexibility index (Phi) is 5.65. The van der Waals surface area contributed by atoms with Crippen LogP contribution in [0.3, 0.4) is 0 Å². The van der Waals surface area contributed by atoms with E-state index in [0.717, 1.165) is 6.07 Å². The molecule has 1 N–H and O–H groups in total. The van der Waals surface area contributed by atoms with Crippen LogP contribution in [-0.2, 0) is 21.6 Å². The number of rotatable bonds is 6. The van der Waals surface area contributed by atoms with Gasteiger partial charge in [0.05, 0.1) is 4.92 Å². The van der Waals surface area contributed by atoms with Gasteiger partial charge in [-0.15, -0.1) is 0 Å². The third kappa shape index (κ3) is 5.10. The van der Waals surface area contributed by atoms with E-state index in [2.05, 4.69) is 15.5 Å². The van der Waals surface area contributed by atoms with Crippen LogP contribution >= 0.6 is 0 Å². The van der Waals surface area contributed by atoms with Crippen molar-refractivity contribution in [1.29, 1.82) is 0 Å². The molecule has 10 nitrogen and oxygen atoms in total. The molecule has 0 atom stereocenters. The Labute approximate surface area is 148 Å². The first-order valence-corrected chi connectivity index (χ1v) is 7.68. The van der Waals surface area contributed by atoms with E-state index in [-0.39, 0.29) is 29.2 Å². The largest absolute Gasteiger partial charge is 0.454 e. The van der Waals surface area contributed by atoms with Crippen LogP contribution in [0.2, 0.25) is 0 Å². The minimum atomic E-state index is -0.709. The molecule has 138 valence electrons. The van der Waals surface area contributed by atoms with E-state index in [0.29, 0.717) is 5.82 Å². The fourth-order valence-corrected chi connectivity index (χ4v) is 1.83. The van der Waals surface area contributed by atoms with E-state index >= 15 is 0 Å². The number of carbonyl (C=O) groups is 2. The molecule has 0 aliphatic heterocycles. The molecular formula is C16H18N4O6. The van der Waals surface area contributed by atoms with Gasteiger partial charge in [-0.05, 0) is 6.07 Å². The van der Waals surface area contributed by atoms with Crippen LogP contribution < -0.4 is 5.32 Å². The predicted molar refractivity (Wildman–Crippen MR) is 88.2 cm³/mol. The van der Waals surface area contributed by atoms with Gasteiger partial charge in [0.1, 0.15) is 6.54 Å². The maximum Gasteiger partial charge on any atom is 0.325 e. The van der Waals surface area contributed by atoms with Gasteiger partial charge in [0.15, 0.2) is 12.4 Å². The third-order valence-electron chi connectivity index (χ3n) is 3.21. The van der Waals surface area contributed by atoms with Crippen LogP contribution in [0.15, 0.2) is 28.8 Å². The molecule has 0 bridgehead atoms. The van der Waals surface area contributed by atoms with Crippen molar-refractivity contribution in [2.45, 2.75) is 32.8 Å². The fraction of sp³-hybridized carbons (Fsp3) is 0.375. The molecule has 1 amide bonds. The fourth-order valence-electron chi connectivity index (χ4n) is 1.83. The Morgan fingerprint density at radius 3 is 2.69 bits per heavy atom. The summed E-state index contributed by atoms with van der Waals surface area (Å²) in [7, 11) is 0. The van der Waals surface area contributed by atoms with Crippen molar-refractivity contribution >= 4 is 17.6 Å². The first kappa shape index (κ1) is 19.0. The van der Waals surface area contributed by atoms with Crippen molar-refractivity contribution in [3.63, 3.8) is 0 Å². The summed E-state index contributed by atoms with van der Waals surface area (Å²) < 4.78 is 9.93. The third-order valence-corrected chi connectivity index (χ3v) is 3.21. The number of nitro groups is 1. The van der Waals surface area contributed by atoms with Gasteiger partial charge in [-0.2, -0.15) is 4.98 Å². The predicted octanol–water partition coefficient (Wildman–Crippen LogP) is 1.75. The Balaban J connectivity index is 1.83. The average molecular weight is 362 g/mol. The Hall–Kier alpha value is -3.30. The van der Waals surface area contributed by atoms with Gasteiger partial charge in [-0.3, -0.25) is 19.7 Å². The Morgan fingerprint density at radius 2 is 2.08 bits per heavy atom. The first-order chi connectivity index (χ1) is 12.2. The smallest absolute Gasteiger partial charge is 0.325 e. The molecule has 0 spiro atoms. The molecule has 0 fully saturated rings. The number of amides is 1. The standard InChI is InChI=1S/C16H18N4O6/c1-16(2,3)15-18-12(26-19-15)9-25-13(21)8-17-14(22)10-5-4-6-11(7-10)20(23)24/h4-7H,8-9H2,1-3H3,(H,17,22). The van der Waals surface area contributed by atoms with Crippen LogP contribution in [0, 0.1) is 10.1 Å². The molecule has 2 rings (SSSR count). The molecule has 0 aliphatic rings. The zero-order valence-corrected chi connectivity index (χ0v) is 14.5. The van der Waals surface area contributed by atoms with E-state index in [1.54, 1.807) is 0 Å². The molecule has 10 heteroatoms. The number of ether oxygens (including phenoxy) is 1. The van der Waals surface area contributed by atoms with Crippen LogP contribution in [0.5, 0.6) is 0 Å². The molecule has 0 saturated carbocycles. The van der Waals surface area contributed by atoms with Crippen molar-refractivity contribution < 1.29 is 23.8 Å². The van der Waals surface area contributed by atoms with Gasteiger partial charge < -0.3 is 14.6 Å². The van der Waals surface area contributed by atoms with Crippen LogP contribution in [-0.4, -0.2) is 33.5 Å². The normalized spacial score (nSPS) is 11.0. The summed E-state index contributed by atoms with van der Waals surface area (Å²) in [6.07, 6.45) is 0. The van der Waals surface area contributed by atoms with Crippen LogP contribution in [0.4, 0.5) is 5.69 Å². The Bertz CT molecular complexity index is 824. The number of nitrogens with one attached hydrogen (secondary N) is 1. The lowest BCUT2D eigenvalue weighted by Gasteiger charge is -2.10. The molecule has 0 aliphatic carbocycles. The van der Waals surface area contributed by atoms with E-state index in [1.165, 1.54) is 18.2 Å². The summed E-state index contributed by atoms with van der Waals surface area (Å²) in [5.41, 5.74) is -0.442. The topological polar surface area (TPSA) is 137 Å². The number of hydrogen-bond acceptors (Lipinski definition) is 8. The molecule has 1 heterocycles. The van der Waals surface area contributed by atoms with Crippen molar-refractivity contribution in [3.05, 3.63) is 51.7 Å². The lowest BCUT2D eigenvalue weighted by Crippen LogP contribution is -2.30. The van der Waals surface area contributed by atoms with Crippen molar-refractivity contribution in [1.82, 2.24) is 15.5 Å². The minimum absolute atomic E-state index is 0.0683. The summed E-state index contributed by atoms with van der Waals surface area (Å²) in [6, 6.07) is 5.17. The zero-order valence-electron chi connectivity index (χ0n) is 14.5. The van der Waals surface area contributed by atoms with E-state index in [1.807, 2.05) is 20.8 Å². The number of non-ortho nitro benzene ring substituents is 1. The lowest BCUT2D eigenvalue weighted by molar-refractivity contribution is -0.384. The zero-order chi connectivity index (χ0) is 19.3. The summed E-state index contributed by atoms with van der Waals surface area (Å²) in [5.74, 6) is -0.700. The van der Waals surface area contributed by atoms with Crippen molar-refractivity contribution in [2.24, 2.45) is 0 Å². The van der Waals surface area contributed by atoms with Gasteiger partial charge in [-0.1, -0.05) is 32.0 Å². The highest BCUT2D eigenvalue weighted by molar-refractivity contribution is 5.96. The monoisotopic (exact) mass is 362 g/mol. The van der Waals surface area contributed by atoms with Gasteiger partial charge >= 0.3 is 5.97 Å². The quantitative estimate of drug-likeness (QED) is 0.466.